The zero-order valence-corrected chi connectivity index (χ0v) is 17.8. The predicted octanol–water partition coefficient (Wildman–Crippen LogP) is 0.387. The van der Waals surface area contributed by atoms with Crippen molar-refractivity contribution < 1.29 is 39.7 Å². The summed E-state index contributed by atoms with van der Waals surface area (Å²) in [6.07, 6.45) is -2.60. The van der Waals surface area contributed by atoms with Crippen LogP contribution >= 0.6 is 0 Å². The second kappa shape index (κ2) is 8.60. The molecule has 0 bridgehead atoms. The Hall–Kier alpha value is -2.66. The van der Waals surface area contributed by atoms with Gasteiger partial charge in [-0.1, -0.05) is 18.2 Å². The third-order valence-corrected chi connectivity index (χ3v) is 6.43. The Labute approximate surface area is 189 Å². The maximum Gasteiger partial charge on any atom is 0.288 e. The van der Waals surface area contributed by atoms with Gasteiger partial charge in [-0.2, -0.15) is 0 Å². The Balaban J connectivity index is 1.41. The molecule has 176 valence electrons. The molecule has 0 spiro atoms. The zero-order valence-electron chi connectivity index (χ0n) is 17.8. The number of aliphatic hydroxyl groups excluding tert-OH is 4. The molecule has 2 aromatic carbocycles. The Morgan fingerprint density at radius 1 is 1.12 bits per heavy atom. The van der Waals surface area contributed by atoms with Crippen molar-refractivity contribution >= 4 is 10.9 Å². The largest absolute Gasteiger partial charge is 0.493 e. The van der Waals surface area contributed by atoms with Crippen molar-refractivity contribution in [3.05, 3.63) is 59.3 Å². The van der Waals surface area contributed by atoms with E-state index in [0.717, 1.165) is 29.7 Å². The van der Waals surface area contributed by atoms with E-state index in [4.69, 9.17) is 14.2 Å². The third kappa shape index (κ3) is 3.86. The van der Waals surface area contributed by atoms with Crippen molar-refractivity contribution in [2.45, 2.75) is 49.7 Å². The Morgan fingerprint density at radius 3 is 2.79 bits per heavy atom. The average Bonchev–Trinajstić information content (AvgIpc) is 3.46. The van der Waals surface area contributed by atoms with Gasteiger partial charge in [0.05, 0.1) is 13.2 Å². The van der Waals surface area contributed by atoms with Gasteiger partial charge in [0.2, 0.25) is 6.29 Å². The van der Waals surface area contributed by atoms with E-state index in [9.17, 15) is 25.5 Å². The molecule has 3 aromatic rings. The molecule has 2 aliphatic heterocycles. The van der Waals surface area contributed by atoms with Gasteiger partial charge < -0.3 is 44.7 Å². The number of hydrogen-bond acceptors (Lipinski definition) is 8. The fourth-order valence-electron chi connectivity index (χ4n) is 4.55. The summed E-state index contributed by atoms with van der Waals surface area (Å²) < 4.78 is 16.4. The van der Waals surface area contributed by atoms with Crippen molar-refractivity contribution in [3.8, 4) is 11.5 Å². The first-order valence-corrected chi connectivity index (χ1v) is 11.0. The van der Waals surface area contributed by atoms with Gasteiger partial charge in [0.1, 0.15) is 23.7 Å². The number of aromatic amines is 1. The maximum atomic E-state index is 10.9. The lowest BCUT2D eigenvalue weighted by atomic mass is 9.95. The van der Waals surface area contributed by atoms with Gasteiger partial charge >= 0.3 is 0 Å². The van der Waals surface area contributed by atoms with E-state index < -0.39 is 37.0 Å². The maximum absolute atomic E-state index is 10.9. The lowest BCUT2D eigenvalue weighted by molar-refractivity contribution is -0.385. The molecule has 3 heterocycles. The highest BCUT2D eigenvalue weighted by Crippen LogP contribution is 2.36. The number of aromatic nitrogens is 1. The minimum atomic E-state index is -2.63. The molecule has 9 heteroatoms. The number of nitrogens with one attached hydrogen (secondary N) is 1. The molecular weight excluding hydrogens is 430 g/mol. The fourth-order valence-corrected chi connectivity index (χ4v) is 4.55. The van der Waals surface area contributed by atoms with Crippen LogP contribution in [0.2, 0.25) is 0 Å². The molecule has 2 aliphatic rings. The van der Waals surface area contributed by atoms with E-state index in [2.05, 4.69) is 11.1 Å². The number of aliphatic hydroxyl groups is 5. The Morgan fingerprint density at radius 2 is 1.97 bits per heavy atom. The van der Waals surface area contributed by atoms with Gasteiger partial charge in [0, 0.05) is 23.5 Å². The van der Waals surface area contributed by atoms with Crippen LogP contribution in [-0.2, 0) is 24.0 Å². The van der Waals surface area contributed by atoms with Gasteiger partial charge in [0.15, 0.2) is 6.10 Å². The summed E-state index contributed by atoms with van der Waals surface area (Å²) in [5, 5.41) is 51.8. The molecule has 1 aromatic heterocycles. The van der Waals surface area contributed by atoms with Crippen LogP contribution in [0.15, 0.2) is 42.6 Å². The monoisotopic (exact) mass is 457 g/mol. The average molecular weight is 457 g/mol. The van der Waals surface area contributed by atoms with E-state index in [1.807, 2.05) is 24.4 Å². The number of hydrogen-bond donors (Lipinski definition) is 6. The summed E-state index contributed by atoms with van der Waals surface area (Å²) in [4.78, 5) is 3.18. The predicted molar refractivity (Wildman–Crippen MR) is 117 cm³/mol. The van der Waals surface area contributed by atoms with Gasteiger partial charge in [-0.05, 0) is 47.7 Å². The fraction of sp³-hybridized carbons (Fsp3) is 0.417. The number of rotatable bonds is 6. The molecule has 6 N–H and O–H groups in total. The van der Waals surface area contributed by atoms with Crippen LogP contribution in [0.1, 0.15) is 16.7 Å². The first kappa shape index (κ1) is 22.1. The normalized spacial score (nSPS) is 29.1. The van der Waals surface area contributed by atoms with E-state index in [0.29, 0.717) is 18.4 Å². The van der Waals surface area contributed by atoms with Crippen molar-refractivity contribution in [2.75, 3.05) is 13.2 Å². The topological polar surface area (TPSA) is 145 Å². The Bertz CT molecular complexity index is 1150. The van der Waals surface area contributed by atoms with Gasteiger partial charge in [-0.3, -0.25) is 0 Å². The molecule has 0 radical (unpaired) electrons. The molecule has 0 aliphatic carbocycles. The van der Waals surface area contributed by atoms with Crippen LogP contribution in [0.4, 0.5) is 0 Å². The Kier molecular flexibility index (Phi) is 5.77. The molecule has 5 rings (SSSR count). The van der Waals surface area contributed by atoms with Gasteiger partial charge in [-0.15, -0.1) is 0 Å². The molecule has 0 saturated carbocycles. The second-order valence-corrected chi connectivity index (χ2v) is 8.53. The molecule has 0 amide bonds. The first-order valence-electron chi connectivity index (χ1n) is 11.0. The summed E-state index contributed by atoms with van der Waals surface area (Å²) in [5.74, 6) is -1.48. The standard InChI is InChI=1S/C24H27NO8/c26-12-19-21(27)22(28)24(30,23(29)32-19)33-18-3-1-2-16-20(18)15(11-25-16)6-4-13-5-7-17-14(10-13)8-9-31-17/h1-3,5,7,10-11,19,21-23,25-30H,4,6,8-9,12H2/t19-,21-,22+,23+,24+/m1/s1. The van der Waals surface area contributed by atoms with E-state index in [1.165, 1.54) is 11.1 Å². The van der Waals surface area contributed by atoms with E-state index in [-0.39, 0.29) is 5.75 Å². The number of benzene rings is 2. The molecule has 1 saturated heterocycles. The summed E-state index contributed by atoms with van der Waals surface area (Å²) in [6, 6.07) is 11.4. The lowest BCUT2D eigenvalue weighted by Gasteiger charge is -2.45. The summed E-state index contributed by atoms with van der Waals surface area (Å²) >= 11 is 0. The van der Waals surface area contributed by atoms with Gasteiger partial charge in [0.25, 0.3) is 5.79 Å². The summed E-state index contributed by atoms with van der Waals surface area (Å²) in [6.45, 7) is 0.0672. The molecule has 9 nitrogen and oxygen atoms in total. The lowest BCUT2D eigenvalue weighted by Crippen LogP contribution is -2.69. The summed E-state index contributed by atoms with van der Waals surface area (Å²) in [5.41, 5.74) is 4.06. The van der Waals surface area contributed by atoms with Crippen LogP contribution in [-0.4, -0.2) is 74.1 Å². The van der Waals surface area contributed by atoms with Crippen molar-refractivity contribution in [3.63, 3.8) is 0 Å². The number of ether oxygens (including phenoxy) is 3. The van der Waals surface area contributed by atoms with Crippen LogP contribution in [0.3, 0.4) is 0 Å². The second-order valence-electron chi connectivity index (χ2n) is 8.53. The molecule has 0 unspecified atom stereocenters. The van der Waals surface area contributed by atoms with Crippen molar-refractivity contribution in [2.24, 2.45) is 0 Å². The molecular formula is C24H27NO8. The van der Waals surface area contributed by atoms with Crippen LogP contribution < -0.4 is 9.47 Å². The van der Waals surface area contributed by atoms with Crippen LogP contribution in [0.25, 0.3) is 10.9 Å². The van der Waals surface area contributed by atoms with Crippen molar-refractivity contribution in [1.82, 2.24) is 4.98 Å². The highest BCUT2D eigenvalue weighted by Gasteiger charge is 2.57. The zero-order chi connectivity index (χ0) is 23.2. The van der Waals surface area contributed by atoms with E-state index >= 15 is 0 Å². The number of fused-ring (bicyclic) bond motifs is 2. The highest BCUT2D eigenvalue weighted by atomic mass is 16.7. The summed E-state index contributed by atoms with van der Waals surface area (Å²) in [7, 11) is 0. The minimum absolute atomic E-state index is 0.213. The third-order valence-electron chi connectivity index (χ3n) is 6.43. The van der Waals surface area contributed by atoms with Crippen LogP contribution in [0, 0.1) is 0 Å². The first-order chi connectivity index (χ1) is 15.9. The van der Waals surface area contributed by atoms with Crippen molar-refractivity contribution in [1.29, 1.82) is 0 Å². The number of H-pyrrole nitrogens is 1. The quantitative estimate of drug-likeness (QED) is 0.292. The number of aryl methyl sites for hydroxylation is 2. The molecule has 1 fully saturated rings. The van der Waals surface area contributed by atoms with Crippen LogP contribution in [0.5, 0.6) is 11.5 Å². The smallest absolute Gasteiger partial charge is 0.288 e. The van der Waals surface area contributed by atoms with Gasteiger partial charge in [-0.25, -0.2) is 0 Å². The SMILES string of the molecule is OC[C@H]1O[C@H](O)[C@@](O)(Oc2cccc3[nH]cc(CCc4ccc5c(c4)CCO5)c23)[C@@H](O)[C@@H]1O. The minimum Gasteiger partial charge on any atom is -0.493 e. The van der Waals surface area contributed by atoms with E-state index in [1.54, 1.807) is 12.1 Å². The highest BCUT2D eigenvalue weighted by molar-refractivity contribution is 5.89. The molecule has 33 heavy (non-hydrogen) atoms. The molecule has 5 atom stereocenters.